The summed E-state index contributed by atoms with van der Waals surface area (Å²) in [7, 11) is 0. The van der Waals surface area contributed by atoms with E-state index in [1.54, 1.807) is 0 Å². The topological polar surface area (TPSA) is 49.4 Å². The molecule has 1 heterocycles. The summed E-state index contributed by atoms with van der Waals surface area (Å²) in [6.07, 6.45) is 0.812. The predicted molar refractivity (Wildman–Crippen MR) is 64.4 cm³/mol. The Labute approximate surface area is 102 Å². The lowest BCUT2D eigenvalue weighted by Crippen LogP contribution is -2.28. The van der Waals surface area contributed by atoms with Crippen molar-refractivity contribution < 1.29 is 9.59 Å². The molecule has 0 aliphatic carbocycles. The predicted octanol–water partition coefficient (Wildman–Crippen LogP) is 2.07. The Kier molecular flexibility index (Phi) is 2.96. The number of nitrogens with one attached hydrogen (secondary N) is 1. The maximum Gasteiger partial charge on any atom is 0.329 e. The van der Waals surface area contributed by atoms with Gasteiger partial charge in [-0.2, -0.15) is 0 Å². The van der Waals surface area contributed by atoms with Gasteiger partial charge in [0.05, 0.1) is 0 Å². The number of urea groups is 1. The molecule has 1 fully saturated rings. The zero-order valence-corrected chi connectivity index (χ0v) is 10.4. The number of halogens is 1. The number of carbonyl (C=O) groups excluding carboxylic acids is 2. The number of hydrogen-bond acceptors (Lipinski definition) is 2. The molecule has 0 aromatic heterocycles. The Balaban J connectivity index is 2.40. The van der Waals surface area contributed by atoms with Crippen LogP contribution in [-0.4, -0.2) is 18.5 Å². The molecule has 1 aromatic carbocycles. The van der Waals surface area contributed by atoms with Gasteiger partial charge in [0, 0.05) is 10.2 Å². The van der Waals surface area contributed by atoms with E-state index in [-0.39, 0.29) is 18.5 Å². The third kappa shape index (κ3) is 1.95. The Morgan fingerprint density at radius 3 is 2.75 bits per heavy atom. The zero-order valence-electron chi connectivity index (χ0n) is 8.79. The second-order valence-corrected chi connectivity index (χ2v) is 4.48. The van der Waals surface area contributed by atoms with Crippen LogP contribution in [0.15, 0.2) is 22.7 Å². The van der Waals surface area contributed by atoms with Gasteiger partial charge in [0.2, 0.25) is 5.91 Å². The Hall–Kier alpha value is -1.36. The third-order valence-electron chi connectivity index (χ3n) is 2.51. The molecule has 0 radical (unpaired) electrons. The molecule has 0 saturated carbocycles. The second kappa shape index (κ2) is 4.25. The number of nitrogens with zero attached hydrogens (tertiary/aromatic N) is 1. The smallest absolute Gasteiger partial charge is 0.284 e. The Morgan fingerprint density at radius 1 is 1.44 bits per heavy atom. The molecule has 5 heteroatoms. The maximum absolute atomic E-state index is 11.5. The second-order valence-electron chi connectivity index (χ2n) is 3.57. The van der Waals surface area contributed by atoms with Gasteiger partial charge in [-0.1, -0.05) is 22.9 Å². The Morgan fingerprint density at radius 2 is 2.19 bits per heavy atom. The van der Waals surface area contributed by atoms with Gasteiger partial charge in [0.1, 0.15) is 6.54 Å². The van der Waals surface area contributed by atoms with E-state index in [2.05, 4.69) is 21.2 Å². The number of aryl methyl sites for hydroxylation is 1. The van der Waals surface area contributed by atoms with E-state index < -0.39 is 0 Å². The molecule has 1 aliphatic heterocycles. The van der Waals surface area contributed by atoms with Crippen LogP contribution in [0.1, 0.15) is 12.5 Å². The highest BCUT2D eigenvalue weighted by Gasteiger charge is 2.29. The average Bonchev–Trinajstić information content (AvgIpc) is 2.57. The summed E-state index contributed by atoms with van der Waals surface area (Å²) in [4.78, 5) is 24.1. The third-order valence-corrected chi connectivity index (χ3v) is 3.00. The molecule has 2 rings (SSSR count). The van der Waals surface area contributed by atoms with Gasteiger partial charge in [-0.25, -0.2) is 4.79 Å². The highest BCUT2D eigenvalue weighted by molar-refractivity contribution is 9.10. The van der Waals surface area contributed by atoms with Crippen LogP contribution in [0.25, 0.3) is 0 Å². The first kappa shape index (κ1) is 11.1. The number of amides is 3. The minimum Gasteiger partial charge on any atom is -0.284 e. The first-order valence-corrected chi connectivity index (χ1v) is 5.81. The van der Waals surface area contributed by atoms with Crippen LogP contribution in [0.5, 0.6) is 0 Å². The van der Waals surface area contributed by atoms with Crippen molar-refractivity contribution in [1.82, 2.24) is 5.32 Å². The number of carbonyl (C=O) groups is 2. The molecule has 0 bridgehead atoms. The summed E-state index contributed by atoms with van der Waals surface area (Å²) in [5.41, 5.74) is 1.84. The molecule has 1 aliphatic rings. The molecule has 16 heavy (non-hydrogen) atoms. The van der Waals surface area contributed by atoms with E-state index in [0.717, 1.165) is 22.1 Å². The molecular formula is C11H11BrN2O2. The SMILES string of the molecule is CCc1cc(Br)ccc1N1CC(=O)NC1=O. The first-order valence-electron chi connectivity index (χ1n) is 5.01. The monoisotopic (exact) mass is 282 g/mol. The van der Waals surface area contributed by atoms with Gasteiger partial charge in [0.25, 0.3) is 0 Å². The minimum absolute atomic E-state index is 0.105. The summed E-state index contributed by atoms with van der Waals surface area (Å²) in [5.74, 6) is -0.255. The average molecular weight is 283 g/mol. The van der Waals surface area contributed by atoms with Gasteiger partial charge in [-0.05, 0) is 30.2 Å². The van der Waals surface area contributed by atoms with Crippen molar-refractivity contribution in [3.05, 3.63) is 28.2 Å². The summed E-state index contributed by atoms with van der Waals surface area (Å²) in [6, 6.07) is 5.33. The highest BCUT2D eigenvalue weighted by Crippen LogP contribution is 2.26. The molecule has 3 amide bonds. The van der Waals surface area contributed by atoms with Gasteiger partial charge >= 0.3 is 6.03 Å². The number of anilines is 1. The van der Waals surface area contributed by atoms with Crippen molar-refractivity contribution in [3.8, 4) is 0 Å². The van der Waals surface area contributed by atoms with E-state index in [1.165, 1.54) is 4.90 Å². The van der Waals surface area contributed by atoms with Crippen LogP contribution in [0.3, 0.4) is 0 Å². The van der Waals surface area contributed by atoms with E-state index in [0.29, 0.717) is 0 Å². The van der Waals surface area contributed by atoms with Gasteiger partial charge in [-0.3, -0.25) is 15.0 Å². The standard InChI is InChI=1S/C11H11BrN2O2/c1-2-7-5-8(12)3-4-9(7)14-6-10(15)13-11(14)16/h3-5H,2,6H2,1H3,(H,13,15,16). The van der Waals surface area contributed by atoms with Crippen molar-refractivity contribution in [2.24, 2.45) is 0 Å². The van der Waals surface area contributed by atoms with Crippen LogP contribution >= 0.6 is 15.9 Å². The zero-order chi connectivity index (χ0) is 11.7. The summed E-state index contributed by atoms with van der Waals surface area (Å²) in [5, 5.41) is 2.27. The fraction of sp³-hybridized carbons (Fsp3) is 0.273. The number of benzene rings is 1. The van der Waals surface area contributed by atoms with Crippen molar-refractivity contribution in [2.75, 3.05) is 11.4 Å². The molecular weight excluding hydrogens is 272 g/mol. The molecule has 1 aromatic rings. The number of imide groups is 1. The van der Waals surface area contributed by atoms with Crippen LogP contribution < -0.4 is 10.2 Å². The van der Waals surface area contributed by atoms with E-state index in [1.807, 2.05) is 25.1 Å². The number of rotatable bonds is 2. The number of hydrogen-bond donors (Lipinski definition) is 1. The summed E-state index contributed by atoms with van der Waals surface area (Å²) >= 11 is 3.39. The molecule has 4 nitrogen and oxygen atoms in total. The van der Waals surface area contributed by atoms with Gasteiger partial charge < -0.3 is 0 Å². The van der Waals surface area contributed by atoms with E-state index in [9.17, 15) is 9.59 Å². The molecule has 0 spiro atoms. The lowest BCUT2D eigenvalue weighted by Gasteiger charge is -2.17. The van der Waals surface area contributed by atoms with Crippen LogP contribution in [0.4, 0.5) is 10.5 Å². The highest BCUT2D eigenvalue weighted by atomic mass is 79.9. The van der Waals surface area contributed by atoms with Crippen molar-refractivity contribution in [2.45, 2.75) is 13.3 Å². The summed E-state index contributed by atoms with van der Waals surface area (Å²) < 4.78 is 0.971. The Bertz CT molecular complexity index is 459. The summed E-state index contributed by atoms with van der Waals surface area (Å²) in [6.45, 7) is 2.12. The molecule has 1 N–H and O–H groups in total. The fourth-order valence-corrected chi connectivity index (χ4v) is 2.15. The molecule has 0 atom stereocenters. The van der Waals surface area contributed by atoms with E-state index in [4.69, 9.17) is 0 Å². The normalized spacial score (nSPS) is 15.5. The largest absolute Gasteiger partial charge is 0.329 e. The van der Waals surface area contributed by atoms with Crippen molar-refractivity contribution in [3.63, 3.8) is 0 Å². The fourth-order valence-electron chi connectivity index (χ4n) is 1.74. The molecule has 0 unspecified atom stereocenters. The molecule has 84 valence electrons. The van der Waals surface area contributed by atoms with Crippen molar-refractivity contribution in [1.29, 1.82) is 0 Å². The van der Waals surface area contributed by atoms with Gasteiger partial charge in [0.15, 0.2) is 0 Å². The first-order chi connectivity index (χ1) is 7.61. The van der Waals surface area contributed by atoms with Crippen LogP contribution in [0.2, 0.25) is 0 Å². The van der Waals surface area contributed by atoms with E-state index >= 15 is 0 Å². The van der Waals surface area contributed by atoms with Crippen molar-refractivity contribution >= 4 is 33.6 Å². The molecule has 1 saturated heterocycles. The van der Waals surface area contributed by atoms with Crippen LogP contribution in [-0.2, 0) is 11.2 Å². The van der Waals surface area contributed by atoms with Gasteiger partial charge in [-0.15, -0.1) is 0 Å². The lowest BCUT2D eigenvalue weighted by atomic mass is 10.1. The van der Waals surface area contributed by atoms with Crippen LogP contribution in [0, 0.1) is 0 Å². The minimum atomic E-state index is -0.345. The lowest BCUT2D eigenvalue weighted by molar-refractivity contribution is -0.117. The maximum atomic E-state index is 11.5. The quantitative estimate of drug-likeness (QED) is 0.845.